The Bertz CT molecular complexity index is 712. The molecule has 0 aliphatic rings. The van der Waals surface area contributed by atoms with Crippen molar-refractivity contribution in [1.82, 2.24) is 5.32 Å². The molecule has 1 aromatic heterocycles. The molecule has 0 spiro atoms. The number of anilines is 2. The highest BCUT2D eigenvalue weighted by Gasteiger charge is 2.10. The Balaban J connectivity index is 1.95. The Labute approximate surface area is 140 Å². The maximum atomic E-state index is 11.9. The molecule has 22 heavy (non-hydrogen) atoms. The standard InChI is InChI=1S/C14H12BrN3O3S/c1-8(19)16-14(22)18-10-4-2-9(3-5-10)17-13(20)11-6-7-12(15)21-11/h2-7H,1H3,(H,17,20)(H2,16,18,19,22). The quantitative estimate of drug-likeness (QED) is 0.711. The van der Waals surface area contributed by atoms with Crippen LogP contribution in [0, 0.1) is 0 Å². The molecule has 0 fully saturated rings. The van der Waals surface area contributed by atoms with Gasteiger partial charge in [-0.25, -0.2) is 0 Å². The molecule has 1 heterocycles. The predicted molar refractivity (Wildman–Crippen MR) is 90.8 cm³/mol. The summed E-state index contributed by atoms with van der Waals surface area (Å²) in [4.78, 5) is 22.8. The van der Waals surface area contributed by atoms with Crippen LogP contribution in [-0.2, 0) is 4.79 Å². The molecule has 0 radical (unpaired) electrons. The third kappa shape index (κ3) is 4.68. The second-order valence-electron chi connectivity index (χ2n) is 4.27. The summed E-state index contributed by atoms with van der Waals surface area (Å²) in [6, 6.07) is 10.1. The third-order valence-corrected chi connectivity index (χ3v) is 3.12. The largest absolute Gasteiger partial charge is 0.444 e. The number of halogens is 1. The van der Waals surface area contributed by atoms with Crippen LogP contribution in [0.15, 0.2) is 45.5 Å². The summed E-state index contributed by atoms with van der Waals surface area (Å²) >= 11 is 8.09. The van der Waals surface area contributed by atoms with E-state index in [1.54, 1.807) is 36.4 Å². The van der Waals surface area contributed by atoms with E-state index in [-0.39, 0.29) is 22.7 Å². The molecule has 8 heteroatoms. The van der Waals surface area contributed by atoms with E-state index in [0.29, 0.717) is 16.0 Å². The zero-order chi connectivity index (χ0) is 16.1. The first-order valence-electron chi connectivity index (χ1n) is 6.19. The third-order valence-electron chi connectivity index (χ3n) is 2.49. The average Bonchev–Trinajstić information content (AvgIpc) is 2.87. The maximum absolute atomic E-state index is 11.9. The summed E-state index contributed by atoms with van der Waals surface area (Å²) in [5, 5.41) is 8.22. The summed E-state index contributed by atoms with van der Waals surface area (Å²) in [6.45, 7) is 1.37. The molecule has 0 aliphatic heterocycles. The van der Waals surface area contributed by atoms with Crippen LogP contribution < -0.4 is 16.0 Å². The zero-order valence-electron chi connectivity index (χ0n) is 11.5. The van der Waals surface area contributed by atoms with Crippen LogP contribution in [-0.4, -0.2) is 16.9 Å². The minimum absolute atomic E-state index is 0.209. The Morgan fingerprint density at radius 2 is 1.64 bits per heavy atom. The minimum Gasteiger partial charge on any atom is -0.444 e. The Hall–Kier alpha value is -2.19. The van der Waals surface area contributed by atoms with Crippen molar-refractivity contribution in [1.29, 1.82) is 0 Å². The molecule has 114 valence electrons. The van der Waals surface area contributed by atoms with Gasteiger partial charge in [-0.15, -0.1) is 0 Å². The number of benzene rings is 1. The highest BCUT2D eigenvalue weighted by molar-refractivity contribution is 9.10. The first kappa shape index (κ1) is 16.2. The Kier molecular flexibility index (Phi) is 5.29. The molecular weight excluding hydrogens is 370 g/mol. The van der Waals surface area contributed by atoms with Gasteiger partial charge in [0.05, 0.1) is 0 Å². The van der Waals surface area contributed by atoms with Crippen LogP contribution in [0.1, 0.15) is 17.5 Å². The van der Waals surface area contributed by atoms with Crippen LogP contribution in [0.5, 0.6) is 0 Å². The summed E-state index contributed by atoms with van der Waals surface area (Å²) in [6.07, 6.45) is 0. The first-order valence-corrected chi connectivity index (χ1v) is 7.39. The highest BCUT2D eigenvalue weighted by atomic mass is 79.9. The smallest absolute Gasteiger partial charge is 0.291 e. The molecule has 2 amide bonds. The van der Waals surface area contributed by atoms with Crippen LogP contribution in [0.4, 0.5) is 11.4 Å². The van der Waals surface area contributed by atoms with E-state index in [1.807, 2.05) is 0 Å². The van der Waals surface area contributed by atoms with E-state index in [4.69, 9.17) is 16.6 Å². The van der Waals surface area contributed by atoms with Crippen molar-refractivity contribution in [3.63, 3.8) is 0 Å². The van der Waals surface area contributed by atoms with Gasteiger partial charge in [0, 0.05) is 18.3 Å². The molecule has 0 unspecified atom stereocenters. The van der Waals surface area contributed by atoms with Crippen LogP contribution in [0.25, 0.3) is 0 Å². The second-order valence-corrected chi connectivity index (χ2v) is 5.46. The van der Waals surface area contributed by atoms with Crippen molar-refractivity contribution in [3.05, 3.63) is 46.8 Å². The molecular formula is C14H12BrN3O3S. The number of furan rings is 1. The molecule has 2 aromatic rings. The second kappa shape index (κ2) is 7.19. The van der Waals surface area contributed by atoms with Crippen LogP contribution in [0.3, 0.4) is 0 Å². The molecule has 6 nitrogen and oxygen atoms in total. The number of carbonyl (C=O) groups excluding carboxylic acids is 2. The van der Waals surface area contributed by atoms with Gasteiger partial charge in [-0.3, -0.25) is 9.59 Å². The fraction of sp³-hybridized carbons (Fsp3) is 0.0714. The number of rotatable bonds is 3. The normalized spacial score (nSPS) is 9.91. The monoisotopic (exact) mass is 381 g/mol. The van der Waals surface area contributed by atoms with Crippen molar-refractivity contribution in [2.45, 2.75) is 6.92 Å². The predicted octanol–water partition coefficient (Wildman–Crippen LogP) is 3.13. The summed E-state index contributed by atoms with van der Waals surface area (Å²) in [5.41, 5.74) is 1.30. The Morgan fingerprint density at radius 1 is 1.05 bits per heavy atom. The number of amides is 2. The van der Waals surface area contributed by atoms with Crippen molar-refractivity contribution < 1.29 is 14.0 Å². The van der Waals surface area contributed by atoms with Gasteiger partial charge in [0.25, 0.3) is 5.91 Å². The van der Waals surface area contributed by atoms with Crippen molar-refractivity contribution in [2.75, 3.05) is 10.6 Å². The van der Waals surface area contributed by atoms with Crippen molar-refractivity contribution in [3.8, 4) is 0 Å². The van der Waals surface area contributed by atoms with E-state index in [0.717, 1.165) is 0 Å². The summed E-state index contributed by atoms with van der Waals surface area (Å²) < 4.78 is 5.66. The van der Waals surface area contributed by atoms with Gasteiger partial charge in [0.2, 0.25) is 5.91 Å². The van der Waals surface area contributed by atoms with Crippen molar-refractivity contribution >= 4 is 56.4 Å². The topological polar surface area (TPSA) is 83.4 Å². The lowest BCUT2D eigenvalue weighted by molar-refractivity contribution is -0.117. The number of nitrogens with one attached hydrogen (secondary N) is 3. The zero-order valence-corrected chi connectivity index (χ0v) is 13.9. The van der Waals surface area contributed by atoms with Gasteiger partial charge < -0.3 is 20.4 Å². The van der Waals surface area contributed by atoms with Gasteiger partial charge in [-0.1, -0.05) is 0 Å². The SMILES string of the molecule is CC(=O)NC(=S)Nc1ccc(NC(=O)c2ccc(Br)o2)cc1. The summed E-state index contributed by atoms with van der Waals surface area (Å²) in [7, 11) is 0. The van der Waals surface area contributed by atoms with E-state index in [1.165, 1.54) is 6.92 Å². The maximum Gasteiger partial charge on any atom is 0.291 e. The minimum atomic E-state index is -0.347. The molecule has 2 rings (SSSR count). The number of hydrogen-bond acceptors (Lipinski definition) is 4. The highest BCUT2D eigenvalue weighted by Crippen LogP contribution is 2.17. The number of thiocarbonyl (C=S) groups is 1. The van der Waals surface area contributed by atoms with Gasteiger partial charge in [0.15, 0.2) is 15.5 Å². The van der Waals surface area contributed by atoms with Crippen LogP contribution in [0.2, 0.25) is 0 Å². The van der Waals surface area contributed by atoms with Gasteiger partial charge in [0.1, 0.15) is 0 Å². The average molecular weight is 382 g/mol. The summed E-state index contributed by atoms with van der Waals surface area (Å²) in [5.74, 6) is -0.382. The Morgan fingerprint density at radius 3 is 2.14 bits per heavy atom. The lowest BCUT2D eigenvalue weighted by Gasteiger charge is -2.09. The van der Waals surface area contributed by atoms with Crippen LogP contribution >= 0.6 is 28.1 Å². The van der Waals surface area contributed by atoms with Gasteiger partial charge >= 0.3 is 0 Å². The van der Waals surface area contributed by atoms with E-state index in [9.17, 15) is 9.59 Å². The molecule has 0 atom stereocenters. The van der Waals surface area contributed by atoms with Gasteiger partial charge in [-0.2, -0.15) is 0 Å². The van der Waals surface area contributed by atoms with E-state index < -0.39 is 0 Å². The van der Waals surface area contributed by atoms with E-state index >= 15 is 0 Å². The fourth-order valence-corrected chi connectivity index (χ4v) is 2.16. The molecule has 0 bridgehead atoms. The fourth-order valence-electron chi connectivity index (χ4n) is 1.59. The molecule has 0 aliphatic carbocycles. The number of hydrogen-bond donors (Lipinski definition) is 3. The number of carbonyl (C=O) groups is 2. The van der Waals surface area contributed by atoms with E-state index in [2.05, 4.69) is 31.9 Å². The molecule has 3 N–H and O–H groups in total. The molecule has 1 aromatic carbocycles. The lowest BCUT2D eigenvalue weighted by atomic mass is 10.2. The lowest BCUT2D eigenvalue weighted by Crippen LogP contribution is -2.32. The first-order chi connectivity index (χ1) is 10.4. The molecule has 0 saturated heterocycles. The van der Waals surface area contributed by atoms with Crippen molar-refractivity contribution in [2.24, 2.45) is 0 Å². The molecule has 0 saturated carbocycles. The van der Waals surface area contributed by atoms with Gasteiger partial charge in [-0.05, 0) is 64.5 Å².